The van der Waals surface area contributed by atoms with Crippen LogP contribution in [0.1, 0.15) is 19.4 Å². The molecule has 1 aromatic rings. The van der Waals surface area contributed by atoms with Crippen molar-refractivity contribution in [2.45, 2.75) is 13.8 Å². The van der Waals surface area contributed by atoms with E-state index in [-0.39, 0.29) is 0 Å². The molecule has 0 spiro atoms. The van der Waals surface area contributed by atoms with Crippen molar-refractivity contribution in [2.24, 2.45) is 5.16 Å². The zero-order valence-corrected chi connectivity index (χ0v) is 8.62. The van der Waals surface area contributed by atoms with Crippen LogP contribution in [0.2, 0.25) is 0 Å². The minimum Gasteiger partial charge on any atom is -0.411 e. The molecule has 66 valence electrons. The maximum atomic E-state index is 8.14. The first-order valence-electron chi connectivity index (χ1n) is 3.62. The molecule has 1 heterocycles. The van der Waals surface area contributed by atoms with E-state index >= 15 is 0 Å². The summed E-state index contributed by atoms with van der Waals surface area (Å²) in [5, 5.41) is 11.0. The van der Waals surface area contributed by atoms with Crippen LogP contribution in [0.3, 0.4) is 0 Å². The Morgan fingerprint density at radius 2 is 2.25 bits per heavy atom. The molecule has 12 heavy (non-hydrogen) atoms. The normalized spacial score (nSPS) is 9.25. The molecule has 0 saturated carbocycles. The maximum absolute atomic E-state index is 8.14. The number of halogens is 1. The van der Waals surface area contributed by atoms with E-state index in [9.17, 15) is 0 Å². The topological polar surface area (TPSA) is 45.5 Å². The molecule has 0 bridgehead atoms. The van der Waals surface area contributed by atoms with E-state index in [1.165, 1.54) is 6.21 Å². The van der Waals surface area contributed by atoms with Crippen molar-refractivity contribution >= 4 is 22.1 Å². The van der Waals surface area contributed by atoms with Crippen molar-refractivity contribution in [3.8, 4) is 0 Å². The SMILES string of the molecule is CC.O/N=C/c1ccnc(Br)c1. The Morgan fingerprint density at radius 3 is 2.75 bits per heavy atom. The van der Waals surface area contributed by atoms with Gasteiger partial charge in [0.15, 0.2) is 0 Å². The van der Waals surface area contributed by atoms with Crippen LogP contribution in [0.4, 0.5) is 0 Å². The Kier molecular flexibility index (Phi) is 6.28. The fourth-order valence-electron chi connectivity index (χ4n) is 0.564. The van der Waals surface area contributed by atoms with E-state index in [0.717, 1.165) is 10.2 Å². The van der Waals surface area contributed by atoms with Gasteiger partial charge in [-0.2, -0.15) is 0 Å². The minimum absolute atomic E-state index is 0.727. The number of hydrogen-bond donors (Lipinski definition) is 1. The summed E-state index contributed by atoms with van der Waals surface area (Å²) < 4.78 is 0.727. The lowest BCUT2D eigenvalue weighted by atomic mass is 10.3. The number of pyridine rings is 1. The van der Waals surface area contributed by atoms with Crippen LogP contribution >= 0.6 is 15.9 Å². The lowest BCUT2D eigenvalue weighted by molar-refractivity contribution is 0.322. The number of rotatable bonds is 1. The van der Waals surface area contributed by atoms with Crippen molar-refractivity contribution < 1.29 is 5.21 Å². The molecule has 0 aliphatic rings. The van der Waals surface area contributed by atoms with Crippen molar-refractivity contribution in [2.75, 3.05) is 0 Å². The molecular formula is C8H11BrN2O. The van der Waals surface area contributed by atoms with Gasteiger partial charge in [-0.1, -0.05) is 19.0 Å². The van der Waals surface area contributed by atoms with Crippen molar-refractivity contribution in [1.29, 1.82) is 0 Å². The van der Waals surface area contributed by atoms with Gasteiger partial charge in [0, 0.05) is 11.8 Å². The molecule has 1 rings (SSSR count). The molecule has 0 unspecified atom stereocenters. The highest BCUT2D eigenvalue weighted by Gasteiger charge is 1.88. The molecule has 0 fully saturated rings. The third-order valence-corrected chi connectivity index (χ3v) is 1.39. The second-order valence-corrected chi connectivity index (χ2v) is 2.47. The molecule has 0 amide bonds. The second-order valence-electron chi connectivity index (χ2n) is 1.66. The van der Waals surface area contributed by atoms with Gasteiger partial charge in [-0.15, -0.1) is 0 Å². The highest BCUT2D eigenvalue weighted by molar-refractivity contribution is 9.10. The number of nitrogens with zero attached hydrogens (tertiary/aromatic N) is 2. The summed E-state index contributed by atoms with van der Waals surface area (Å²) in [6.07, 6.45) is 2.97. The van der Waals surface area contributed by atoms with Crippen molar-refractivity contribution in [3.05, 3.63) is 28.5 Å². The summed E-state index contributed by atoms with van der Waals surface area (Å²) in [6, 6.07) is 3.49. The number of oxime groups is 1. The van der Waals surface area contributed by atoms with Crippen LogP contribution in [0.15, 0.2) is 28.1 Å². The fourth-order valence-corrected chi connectivity index (χ4v) is 0.947. The largest absolute Gasteiger partial charge is 0.411 e. The van der Waals surface area contributed by atoms with E-state index in [4.69, 9.17) is 5.21 Å². The van der Waals surface area contributed by atoms with E-state index in [1.54, 1.807) is 18.3 Å². The van der Waals surface area contributed by atoms with Gasteiger partial charge >= 0.3 is 0 Å². The Balaban J connectivity index is 0.000000561. The second kappa shape index (κ2) is 6.79. The van der Waals surface area contributed by atoms with Gasteiger partial charge in [-0.3, -0.25) is 0 Å². The molecule has 0 aromatic carbocycles. The van der Waals surface area contributed by atoms with Crippen LogP contribution in [-0.2, 0) is 0 Å². The van der Waals surface area contributed by atoms with Gasteiger partial charge in [0.25, 0.3) is 0 Å². The third-order valence-electron chi connectivity index (χ3n) is 0.957. The van der Waals surface area contributed by atoms with E-state index in [2.05, 4.69) is 26.1 Å². The monoisotopic (exact) mass is 230 g/mol. The summed E-state index contributed by atoms with van der Waals surface area (Å²) >= 11 is 3.18. The zero-order chi connectivity index (χ0) is 9.40. The van der Waals surface area contributed by atoms with Crippen LogP contribution < -0.4 is 0 Å². The smallest absolute Gasteiger partial charge is 0.106 e. The van der Waals surface area contributed by atoms with Gasteiger partial charge in [-0.25, -0.2) is 4.98 Å². The van der Waals surface area contributed by atoms with E-state index < -0.39 is 0 Å². The molecule has 0 aliphatic carbocycles. The van der Waals surface area contributed by atoms with Crippen LogP contribution in [0, 0.1) is 0 Å². The number of hydrogen-bond acceptors (Lipinski definition) is 3. The molecule has 0 radical (unpaired) electrons. The quantitative estimate of drug-likeness (QED) is 0.349. The summed E-state index contributed by atoms with van der Waals surface area (Å²) in [6.45, 7) is 4.00. The Labute approximate surface area is 80.3 Å². The molecule has 0 atom stereocenters. The summed E-state index contributed by atoms with van der Waals surface area (Å²) in [7, 11) is 0. The Hall–Kier alpha value is -0.900. The van der Waals surface area contributed by atoms with Crippen molar-refractivity contribution in [3.63, 3.8) is 0 Å². The average Bonchev–Trinajstić information content (AvgIpc) is 2.09. The predicted octanol–water partition coefficient (Wildman–Crippen LogP) is 2.68. The van der Waals surface area contributed by atoms with E-state index in [1.807, 2.05) is 13.8 Å². The maximum Gasteiger partial charge on any atom is 0.106 e. The first kappa shape index (κ1) is 11.1. The zero-order valence-electron chi connectivity index (χ0n) is 7.03. The van der Waals surface area contributed by atoms with E-state index in [0.29, 0.717) is 0 Å². The van der Waals surface area contributed by atoms with Gasteiger partial charge in [0.1, 0.15) is 4.60 Å². The Bertz CT molecular complexity index is 251. The standard InChI is InChI=1S/C6H5BrN2O.C2H6/c7-6-3-5(4-9-10)1-2-8-6;1-2/h1-4,10H;1-2H3/b9-4+;. The highest BCUT2D eigenvalue weighted by atomic mass is 79.9. The van der Waals surface area contributed by atoms with Crippen LogP contribution in [-0.4, -0.2) is 16.4 Å². The highest BCUT2D eigenvalue weighted by Crippen LogP contribution is 2.05. The molecular weight excluding hydrogens is 220 g/mol. The first-order valence-corrected chi connectivity index (χ1v) is 4.41. The minimum atomic E-state index is 0.727. The van der Waals surface area contributed by atoms with Gasteiger partial charge < -0.3 is 5.21 Å². The molecule has 4 heteroatoms. The van der Waals surface area contributed by atoms with Gasteiger partial charge in [0.05, 0.1) is 6.21 Å². The predicted molar refractivity (Wildman–Crippen MR) is 52.7 cm³/mol. The lowest BCUT2D eigenvalue weighted by Gasteiger charge is -1.89. The first-order chi connectivity index (χ1) is 5.83. The van der Waals surface area contributed by atoms with Crippen molar-refractivity contribution in [1.82, 2.24) is 4.98 Å². The van der Waals surface area contributed by atoms with Crippen LogP contribution in [0.5, 0.6) is 0 Å². The van der Waals surface area contributed by atoms with Gasteiger partial charge in [-0.05, 0) is 28.1 Å². The third kappa shape index (κ3) is 4.08. The molecule has 0 saturated heterocycles. The lowest BCUT2D eigenvalue weighted by Crippen LogP contribution is -1.81. The summed E-state index contributed by atoms with van der Waals surface area (Å²) in [5.74, 6) is 0. The molecule has 1 aromatic heterocycles. The molecule has 0 aliphatic heterocycles. The Morgan fingerprint density at radius 1 is 1.58 bits per heavy atom. The number of aromatic nitrogens is 1. The summed E-state index contributed by atoms with van der Waals surface area (Å²) in [5.41, 5.74) is 0.810. The molecule has 1 N–H and O–H groups in total. The fraction of sp³-hybridized carbons (Fsp3) is 0.250. The van der Waals surface area contributed by atoms with Gasteiger partial charge in [0.2, 0.25) is 0 Å². The average molecular weight is 231 g/mol. The van der Waals surface area contributed by atoms with Crippen LogP contribution in [0.25, 0.3) is 0 Å². The summed E-state index contributed by atoms with van der Waals surface area (Å²) in [4.78, 5) is 3.90. The molecule has 3 nitrogen and oxygen atoms in total.